The van der Waals surface area contributed by atoms with E-state index in [9.17, 15) is 14.7 Å². The van der Waals surface area contributed by atoms with Gasteiger partial charge in [-0.1, -0.05) is 30.3 Å². The van der Waals surface area contributed by atoms with Crippen molar-refractivity contribution in [1.29, 1.82) is 0 Å². The van der Waals surface area contributed by atoms with Crippen molar-refractivity contribution in [2.75, 3.05) is 20.3 Å². The quantitative estimate of drug-likeness (QED) is 0.421. The summed E-state index contributed by atoms with van der Waals surface area (Å²) in [6, 6.07) is 18.8. The van der Waals surface area contributed by atoms with Gasteiger partial charge in [-0.2, -0.15) is 0 Å². The Labute approximate surface area is 202 Å². The summed E-state index contributed by atoms with van der Waals surface area (Å²) in [5.41, 5.74) is 2.13. The highest BCUT2D eigenvalue weighted by molar-refractivity contribution is 5.99. The molecule has 1 aliphatic rings. The summed E-state index contributed by atoms with van der Waals surface area (Å²) in [5.74, 6) is 0.763. The molecular formula is C28H25NO6. The normalized spacial score (nSPS) is 14.9. The number of benzene rings is 3. The van der Waals surface area contributed by atoms with Crippen molar-refractivity contribution in [3.63, 3.8) is 0 Å². The molecule has 1 atom stereocenters. The van der Waals surface area contributed by atoms with E-state index in [2.05, 4.69) is 0 Å². The first kappa shape index (κ1) is 22.5. The SMILES string of the molecule is CCOc1cc([C@@H]2c3c(oc4ccccc4c3=O)C(=O)N2CCc2ccc(OC)cc2)ccc1O. The molecule has 1 amide bonds. The van der Waals surface area contributed by atoms with E-state index in [4.69, 9.17) is 13.9 Å². The van der Waals surface area contributed by atoms with E-state index in [1.165, 1.54) is 6.07 Å². The predicted molar refractivity (Wildman–Crippen MR) is 131 cm³/mol. The molecule has 1 aliphatic heterocycles. The number of hydrogen-bond donors (Lipinski definition) is 1. The second-order valence-corrected chi connectivity index (χ2v) is 8.33. The molecule has 0 unspecified atom stereocenters. The smallest absolute Gasteiger partial charge is 0.290 e. The van der Waals surface area contributed by atoms with Crippen LogP contribution in [0.2, 0.25) is 0 Å². The van der Waals surface area contributed by atoms with Crippen LogP contribution in [0.4, 0.5) is 0 Å². The Balaban J connectivity index is 1.61. The minimum atomic E-state index is -0.670. The second kappa shape index (κ2) is 9.18. The summed E-state index contributed by atoms with van der Waals surface area (Å²) < 4.78 is 16.8. The zero-order chi connectivity index (χ0) is 24.5. The van der Waals surface area contributed by atoms with E-state index >= 15 is 0 Å². The maximum atomic E-state index is 13.6. The van der Waals surface area contributed by atoms with Crippen LogP contribution in [0.3, 0.4) is 0 Å². The number of para-hydroxylation sites is 1. The van der Waals surface area contributed by atoms with E-state index in [1.54, 1.807) is 48.4 Å². The Morgan fingerprint density at radius 3 is 2.54 bits per heavy atom. The summed E-state index contributed by atoms with van der Waals surface area (Å²) in [7, 11) is 1.61. The molecule has 0 aliphatic carbocycles. The molecule has 0 fully saturated rings. The lowest BCUT2D eigenvalue weighted by atomic mass is 9.97. The van der Waals surface area contributed by atoms with Gasteiger partial charge < -0.3 is 23.9 Å². The highest BCUT2D eigenvalue weighted by Gasteiger charge is 2.42. The Kier molecular flexibility index (Phi) is 5.91. The maximum absolute atomic E-state index is 13.6. The molecule has 0 radical (unpaired) electrons. The van der Waals surface area contributed by atoms with E-state index in [0.29, 0.717) is 47.4 Å². The van der Waals surface area contributed by atoms with E-state index in [-0.39, 0.29) is 22.8 Å². The minimum absolute atomic E-state index is 0.00419. The van der Waals surface area contributed by atoms with Crippen LogP contribution >= 0.6 is 0 Å². The largest absolute Gasteiger partial charge is 0.504 e. The zero-order valence-electron chi connectivity index (χ0n) is 19.5. The van der Waals surface area contributed by atoms with Crippen molar-refractivity contribution >= 4 is 16.9 Å². The lowest BCUT2D eigenvalue weighted by Crippen LogP contribution is -2.31. The van der Waals surface area contributed by atoms with E-state index in [1.807, 2.05) is 31.2 Å². The highest BCUT2D eigenvalue weighted by Crippen LogP contribution is 2.40. The molecule has 5 rings (SSSR count). The number of ether oxygens (including phenoxy) is 2. The van der Waals surface area contributed by atoms with E-state index < -0.39 is 6.04 Å². The van der Waals surface area contributed by atoms with Gasteiger partial charge in [-0.05, 0) is 60.9 Å². The molecular weight excluding hydrogens is 446 g/mol. The third kappa shape index (κ3) is 3.99. The molecule has 0 saturated carbocycles. The molecule has 0 spiro atoms. The first-order valence-corrected chi connectivity index (χ1v) is 11.5. The maximum Gasteiger partial charge on any atom is 0.290 e. The summed E-state index contributed by atoms with van der Waals surface area (Å²) in [5, 5.41) is 10.6. The first-order valence-electron chi connectivity index (χ1n) is 11.5. The summed E-state index contributed by atoms with van der Waals surface area (Å²) >= 11 is 0. The number of aromatic hydroxyl groups is 1. The van der Waals surface area contributed by atoms with Crippen molar-refractivity contribution in [2.24, 2.45) is 0 Å². The van der Waals surface area contributed by atoms with Crippen LogP contribution in [0.1, 0.15) is 40.2 Å². The number of methoxy groups -OCH3 is 1. The van der Waals surface area contributed by atoms with Crippen molar-refractivity contribution < 1.29 is 23.8 Å². The third-order valence-corrected chi connectivity index (χ3v) is 6.27. The van der Waals surface area contributed by atoms with Gasteiger partial charge in [0.1, 0.15) is 11.3 Å². The molecule has 0 bridgehead atoms. The van der Waals surface area contributed by atoms with Gasteiger partial charge in [-0.3, -0.25) is 9.59 Å². The highest BCUT2D eigenvalue weighted by atomic mass is 16.5. The van der Waals surface area contributed by atoms with Gasteiger partial charge in [-0.15, -0.1) is 0 Å². The molecule has 2 heterocycles. The minimum Gasteiger partial charge on any atom is -0.504 e. The number of carbonyl (C=O) groups excluding carboxylic acids is 1. The van der Waals surface area contributed by atoms with Gasteiger partial charge in [0.05, 0.1) is 30.7 Å². The molecule has 7 nitrogen and oxygen atoms in total. The Hall–Kier alpha value is -4.26. The molecule has 7 heteroatoms. The van der Waals surface area contributed by atoms with Crippen LogP contribution in [0.15, 0.2) is 75.9 Å². The molecule has 35 heavy (non-hydrogen) atoms. The summed E-state index contributed by atoms with van der Waals surface area (Å²) in [4.78, 5) is 28.8. The number of amides is 1. The lowest BCUT2D eigenvalue weighted by Gasteiger charge is -2.25. The van der Waals surface area contributed by atoms with Gasteiger partial charge in [0.25, 0.3) is 5.91 Å². The fourth-order valence-electron chi connectivity index (χ4n) is 4.56. The fraction of sp³-hybridized carbons (Fsp3) is 0.214. The average molecular weight is 472 g/mol. The second-order valence-electron chi connectivity index (χ2n) is 8.33. The van der Waals surface area contributed by atoms with E-state index in [0.717, 1.165) is 11.3 Å². The molecule has 4 aromatic rings. The number of phenols is 1. The van der Waals surface area contributed by atoms with Crippen LogP contribution in [-0.2, 0) is 6.42 Å². The molecule has 178 valence electrons. The van der Waals surface area contributed by atoms with Crippen LogP contribution in [0, 0.1) is 0 Å². The topological polar surface area (TPSA) is 89.2 Å². The van der Waals surface area contributed by atoms with Crippen molar-refractivity contribution in [2.45, 2.75) is 19.4 Å². The summed E-state index contributed by atoms with van der Waals surface area (Å²) in [6.07, 6.45) is 0.574. The van der Waals surface area contributed by atoms with Gasteiger partial charge in [0.2, 0.25) is 5.76 Å². The van der Waals surface area contributed by atoms with Crippen LogP contribution in [-0.4, -0.2) is 36.2 Å². The molecule has 1 N–H and O–H groups in total. The van der Waals surface area contributed by atoms with Crippen molar-refractivity contribution in [1.82, 2.24) is 4.90 Å². The monoisotopic (exact) mass is 471 g/mol. The number of phenolic OH excluding ortho intramolecular Hbond substituents is 1. The van der Waals surface area contributed by atoms with Gasteiger partial charge in [0.15, 0.2) is 16.9 Å². The lowest BCUT2D eigenvalue weighted by molar-refractivity contribution is 0.0730. The number of fused-ring (bicyclic) bond motifs is 2. The average Bonchev–Trinajstić information content (AvgIpc) is 3.16. The number of carbonyl (C=O) groups is 1. The first-order chi connectivity index (χ1) is 17.0. The number of hydrogen-bond acceptors (Lipinski definition) is 6. The Morgan fingerprint density at radius 2 is 1.80 bits per heavy atom. The molecule has 1 aromatic heterocycles. The van der Waals surface area contributed by atoms with Crippen molar-refractivity contribution in [3.05, 3.63) is 99.4 Å². The fourth-order valence-corrected chi connectivity index (χ4v) is 4.56. The number of nitrogens with zero attached hydrogens (tertiary/aromatic N) is 1. The van der Waals surface area contributed by atoms with Crippen LogP contribution in [0.25, 0.3) is 11.0 Å². The Bertz CT molecular complexity index is 1460. The molecule has 0 saturated heterocycles. The predicted octanol–water partition coefficient (Wildman–Crippen LogP) is 4.69. The van der Waals surface area contributed by atoms with Crippen LogP contribution < -0.4 is 14.9 Å². The summed E-state index contributed by atoms with van der Waals surface area (Å²) in [6.45, 7) is 2.55. The number of rotatable bonds is 7. The van der Waals surface area contributed by atoms with Gasteiger partial charge in [0, 0.05) is 6.54 Å². The Morgan fingerprint density at radius 1 is 1.03 bits per heavy atom. The molecule has 3 aromatic carbocycles. The van der Waals surface area contributed by atoms with Gasteiger partial charge in [-0.25, -0.2) is 0 Å². The third-order valence-electron chi connectivity index (χ3n) is 6.27. The van der Waals surface area contributed by atoms with Gasteiger partial charge >= 0.3 is 0 Å². The zero-order valence-corrected chi connectivity index (χ0v) is 19.5. The standard InChI is InChI=1S/C28H25NO6/c1-3-34-23-16-18(10-13-21(23)30)25-24-26(31)20-6-4-5-7-22(20)35-27(24)28(32)29(25)15-14-17-8-11-19(33-2)12-9-17/h4-13,16,25,30H,3,14-15H2,1-2H3/t25-/m1/s1. The van der Waals surface area contributed by atoms with Crippen LogP contribution in [0.5, 0.6) is 17.2 Å². The van der Waals surface area contributed by atoms with Crippen molar-refractivity contribution in [3.8, 4) is 17.2 Å².